The Morgan fingerprint density at radius 2 is 2.07 bits per heavy atom. The van der Waals surface area contributed by atoms with Gasteiger partial charge in [-0.3, -0.25) is 4.79 Å². The fraction of sp³-hybridized carbons (Fsp3) is 0.409. The summed E-state index contributed by atoms with van der Waals surface area (Å²) < 4.78 is 11.2. The van der Waals surface area contributed by atoms with Crippen LogP contribution in [0.5, 0.6) is 11.5 Å². The molecule has 2 aromatic rings. The second-order valence-electron chi connectivity index (χ2n) is 7.03. The van der Waals surface area contributed by atoms with Crippen molar-refractivity contribution in [2.75, 3.05) is 31.7 Å². The van der Waals surface area contributed by atoms with Gasteiger partial charge in [-0.2, -0.15) is 0 Å². The molecule has 1 fully saturated rings. The van der Waals surface area contributed by atoms with Crippen molar-refractivity contribution in [2.24, 2.45) is 0 Å². The van der Waals surface area contributed by atoms with E-state index >= 15 is 0 Å². The second kappa shape index (κ2) is 9.69. The second-order valence-corrected chi connectivity index (χ2v) is 7.47. The number of carbonyl (C=O) groups excluding carboxylic acids is 1. The smallest absolute Gasteiger partial charge is 0.220 e. The van der Waals surface area contributed by atoms with Gasteiger partial charge in [0, 0.05) is 30.6 Å². The Balaban J connectivity index is 1.42. The first-order valence-corrected chi connectivity index (χ1v) is 10.0. The Hall–Kier alpha value is -2.40. The van der Waals surface area contributed by atoms with Crippen LogP contribution in [0.1, 0.15) is 24.8 Å². The largest absolute Gasteiger partial charge is 0.495 e. The lowest BCUT2D eigenvalue weighted by Crippen LogP contribution is -2.37. The third kappa shape index (κ3) is 5.32. The number of aryl methyl sites for hydroxylation is 1. The average Bonchev–Trinajstić information content (AvgIpc) is 3.14. The number of anilines is 1. The summed E-state index contributed by atoms with van der Waals surface area (Å²) in [6.45, 7) is 4.16. The maximum Gasteiger partial charge on any atom is 0.220 e. The van der Waals surface area contributed by atoms with Crippen LogP contribution in [0, 0.1) is 6.92 Å². The van der Waals surface area contributed by atoms with Gasteiger partial charge in [-0.05, 0) is 49.6 Å². The van der Waals surface area contributed by atoms with Crippen LogP contribution >= 0.6 is 11.6 Å². The van der Waals surface area contributed by atoms with Crippen LogP contribution in [0.4, 0.5) is 5.69 Å². The molecule has 1 saturated heterocycles. The minimum atomic E-state index is 0.0679. The molecule has 0 spiro atoms. The number of rotatable bonds is 8. The van der Waals surface area contributed by atoms with E-state index in [9.17, 15) is 4.79 Å². The Bertz CT molecular complexity index is 812. The van der Waals surface area contributed by atoms with Crippen LogP contribution in [0.3, 0.4) is 0 Å². The number of carbonyl (C=O) groups is 1. The van der Waals surface area contributed by atoms with Crippen molar-refractivity contribution in [1.29, 1.82) is 0 Å². The van der Waals surface area contributed by atoms with Gasteiger partial charge in [0.25, 0.3) is 0 Å². The average molecular weight is 403 g/mol. The standard InChI is InChI=1S/C22H27ClN2O3/c1-16-6-3-4-7-20(16)28-13-5-8-22(26)24-18-11-12-25(15-18)19-14-17(23)9-10-21(19)27-2/h3-4,6-7,9-10,14,18H,5,8,11-13,15H2,1-2H3,(H,24,26). The van der Waals surface area contributed by atoms with E-state index in [2.05, 4.69) is 10.2 Å². The molecule has 1 aliphatic rings. The van der Waals surface area contributed by atoms with Crippen molar-refractivity contribution in [3.63, 3.8) is 0 Å². The topological polar surface area (TPSA) is 50.8 Å². The number of benzene rings is 2. The Morgan fingerprint density at radius 1 is 1.25 bits per heavy atom. The molecule has 1 aliphatic heterocycles. The summed E-state index contributed by atoms with van der Waals surface area (Å²) in [5.74, 6) is 1.74. The number of amides is 1. The van der Waals surface area contributed by atoms with E-state index < -0.39 is 0 Å². The van der Waals surface area contributed by atoms with Gasteiger partial charge in [0.1, 0.15) is 11.5 Å². The fourth-order valence-electron chi connectivity index (χ4n) is 3.44. The van der Waals surface area contributed by atoms with E-state index in [0.717, 1.165) is 42.3 Å². The normalized spacial score (nSPS) is 16.1. The van der Waals surface area contributed by atoms with Crippen LogP contribution in [0.2, 0.25) is 5.02 Å². The minimum absolute atomic E-state index is 0.0679. The summed E-state index contributed by atoms with van der Waals surface area (Å²) in [6, 6.07) is 13.6. The summed E-state index contributed by atoms with van der Waals surface area (Å²) in [5.41, 5.74) is 2.08. The van der Waals surface area contributed by atoms with Gasteiger partial charge >= 0.3 is 0 Å². The SMILES string of the molecule is COc1ccc(Cl)cc1N1CCC(NC(=O)CCCOc2ccccc2C)C1. The fourth-order valence-corrected chi connectivity index (χ4v) is 3.61. The zero-order valence-electron chi connectivity index (χ0n) is 16.4. The third-order valence-electron chi connectivity index (χ3n) is 4.93. The molecule has 1 atom stereocenters. The van der Waals surface area contributed by atoms with Gasteiger partial charge in [0.05, 0.1) is 19.4 Å². The number of nitrogens with one attached hydrogen (secondary N) is 1. The lowest BCUT2D eigenvalue weighted by Gasteiger charge is -2.21. The number of para-hydroxylation sites is 1. The number of halogens is 1. The maximum atomic E-state index is 12.3. The molecule has 0 aliphatic carbocycles. The van der Waals surface area contributed by atoms with Crippen LogP contribution < -0.4 is 19.7 Å². The summed E-state index contributed by atoms with van der Waals surface area (Å²) in [6.07, 6.45) is 2.06. The van der Waals surface area contributed by atoms with Crippen LogP contribution in [0.15, 0.2) is 42.5 Å². The van der Waals surface area contributed by atoms with Crippen LogP contribution in [0.25, 0.3) is 0 Å². The van der Waals surface area contributed by atoms with Crippen LogP contribution in [-0.4, -0.2) is 38.8 Å². The highest BCUT2D eigenvalue weighted by Crippen LogP contribution is 2.33. The summed E-state index contributed by atoms with van der Waals surface area (Å²) in [4.78, 5) is 14.5. The van der Waals surface area contributed by atoms with Crippen molar-refractivity contribution in [3.8, 4) is 11.5 Å². The van der Waals surface area contributed by atoms with Gasteiger partial charge in [-0.15, -0.1) is 0 Å². The van der Waals surface area contributed by atoms with Gasteiger partial charge in [-0.1, -0.05) is 29.8 Å². The molecular weight excluding hydrogens is 376 g/mol. The van der Waals surface area contributed by atoms with Crippen molar-refractivity contribution < 1.29 is 14.3 Å². The number of hydrogen-bond acceptors (Lipinski definition) is 4. The molecule has 6 heteroatoms. The molecule has 1 unspecified atom stereocenters. The van der Waals surface area contributed by atoms with Gasteiger partial charge < -0.3 is 19.7 Å². The number of methoxy groups -OCH3 is 1. The molecule has 0 aromatic heterocycles. The molecule has 3 rings (SSSR count). The number of nitrogens with zero attached hydrogens (tertiary/aromatic N) is 1. The van der Waals surface area contributed by atoms with Gasteiger partial charge in [0.15, 0.2) is 0 Å². The lowest BCUT2D eigenvalue weighted by molar-refractivity contribution is -0.121. The van der Waals surface area contributed by atoms with E-state index in [1.165, 1.54) is 0 Å². The highest BCUT2D eigenvalue weighted by Gasteiger charge is 2.26. The van der Waals surface area contributed by atoms with E-state index in [-0.39, 0.29) is 11.9 Å². The molecular formula is C22H27ClN2O3. The predicted octanol–water partition coefficient (Wildman–Crippen LogP) is 4.21. The molecule has 0 bridgehead atoms. The van der Waals surface area contributed by atoms with Crippen molar-refractivity contribution in [1.82, 2.24) is 5.32 Å². The quantitative estimate of drug-likeness (QED) is 0.672. The van der Waals surface area contributed by atoms with Gasteiger partial charge in [0.2, 0.25) is 5.91 Å². The molecule has 0 saturated carbocycles. The van der Waals surface area contributed by atoms with Crippen molar-refractivity contribution >= 4 is 23.2 Å². The van der Waals surface area contributed by atoms with Crippen molar-refractivity contribution in [3.05, 3.63) is 53.1 Å². The molecule has 1 heterocycles. The first-order valence-electron chi connectivity index (χ1n) is 9.63. The highest BCUT2D eigenvalue weighted by atomic mass is 35.5. The maximum absolute atomic E-state index is 12.3. The highest BCUT2D eigenvalue weighted by molar-refractivity contribution is 6.30. The zero-order chi connectivity index (χ0) is 19.9. The zero-order valence-corrected chi connectivity index (χ0v) is 17.2. The Labute approximate surface area is 171 Å². The summed E-state index contributed by atoms with van der Waals surface area (Å²) in [5, 5.41) is 3.81. The molecule has 2 aromatic carbocycles. The van der Waals surface area contributed by atoms with E-state index in [4.69, 9.17) is 21.1 Å². The summed E-state index contributed by atoms with van der Waals surface area (Å²) >= 11 is 6.13. The number of hydrogen-bond donors (Lipinski definition) is 1. The Kier molecular flexibility index (Phi) is 7.04. The first-order chi connectivity index (χ1) is 13.6. The monoisotopic (exact) mass is 402 g/mol. The third-order valence-corrected chi connectivity index (χ3v) is 5.17. The van der Waals surface area contributed by atoms with Crippen molar-refractivity contribution in [2.45, 2.75) is 32.2 Å². The first kappa shape index (κ1) is 20.3. The molecule has 1 amide bonds. The van der Waals surface area contributed by atoms with Gasteiger partial charge in [-0.25, -0.2) is 0 Å². The van der Waals surface area contributed by atoms with E-state index in [1.54, 1.807) is 7.11 Å². The molecule has 1 N–H and O–H groups in total. The molecule has 28 heavy (non-hydrogen) atoms. The Morgan fingerprint density at radius 3 is 2.86 bits per heavy atom. The van der Waals surface area contributed by atoms with E-state index in [0.29, 0.717) is 24.5 Å². The summed E-state index contributed by atoms with van der Waals surface area (Å²) in [7, 11) is 1.65. The molecule has 0 radical (unpaired) electrons. The minimum Gasteiger partial charge on any atom is -0.495 e. The number of ether oxygens (including phenoxy) is 2. The molecule has 150 valence electrons. The van der Waals surface area contributed by atoms with E-state index in [1.807, 2.05) is 49.4 Å². The predicted molar refractivity (Wildman–Crippen MR) is 113 cm³/mol. The molecule has 5 nitrogen and oxygen atoms in total. The van der Waals surface area contributed by atoms with Crippen LogP contribution in [-0.2, 0) is 4.79 Å². The lowest BCUT2D eigenvalue weighted by atomic mass is 10.2.